The van der Waals surface area contributed by atoms with Crippen LogP contribution in [0.25, 0.3) is 10.2 Å². The van der Waals surface area contributed by atoms with Gasteiger partial charge in [0, 0.05) is 25.3 Å². The number of aromatic nitrogens is 1. The fourth-order valence-corrected chi connectivity index (χ4v) is 5.92. The maximum atomic E-state index is 13.7. The van der Waals surface area contributed by atoms with Crippen LogP contribution in [-0.4, -0.2) is 59.8 Å². The molecule has 2 aliphatic rings. The molecule has 2 N–H and O–H groups in total. The Morgan fingerprint density at radius 2 is 1.95 bits per heavy atom. The van der Waals surface area contributed by atoms with E-state index < -0.39 is 35.4 Å². The molecule has 0 bridgehead atoms. The Balaban J connectivity index is 1.44. The van der Waals surface area contributed by atoms with E-state index in [1.165, 1.54) is 18.3 Å². The number of ether oxygens (including phenoxy) is 2. The molecule has 1 saturated heterocycles. The lowest BCUT2D eigenvalue weighted by Crippen LogP contribution is -2.50. The molecule has 14 heteroatoms. The monoisotopic (exact) mass is 591 g/mol. The van der Waals surface area contributed by atoms with Gasteiger partial charge in [0.05, 0.1) is 35.1 Å². The maximum Gasteiger partial charge on any atom is 0.420 e. The van der Waals surface area contributed by atoms with Crippen molar-refractivity contribution in [2.24, 2.45) is 0 Å². The van der Waals surface area contributed by atoms with E-state index in [9.17, 15) is 27.6 Å². The lowest BCUT2D eigenvalue weighted by atomic mass is 10.1. The first-order valence-electron chi connectivity index (χ1n) is 12.8. The van der Waals surface area contributed by atoms with Gasteiger partial charge in [-0.05, 0) is 57.9 Å². The molecule has 1 aromatic carbocycles. The number of methoxy groups -OCH3 is 1. The molecule has 4 heterocycles. The number of urea groups is 1. The number of halogens is 3. The number of alkyl halides is 3. The van der Waals surface area contributed by atoms with Gasteiger partial charge in [-0.1, -0.05) is 0 Å². The minimum atomic E-state index is -4.71. The maximum absolute atomic E-state index is 13.7. The van der Waals surface area contributed by atoms with E-state index in [1.807, 2.05) is 0 Å². The quantitative estimate of drug-likeness (QED) is 0.377. The van der Waals surface area contributed by atoms with Gasteiger partial charge in [0.2, 0.25) is 0 Å². The van der Waals surface area contributed by atoms with Gasteiger partial charge in [0.15, 0.2) is 0 Å². The van der Waals surface area contributed by atoms with Crippen molar-refractivity contribution in [3.63, 3.8) is 0 Å². The molecule has 1 fully saturated rings. The number of hydrogen-bond acceptors (Lipinski definition) is 7. The second-order valence-corrected chi connectivity index (χ2v) is 11.7. The van der Waals surface area contributed by atoms with E-state index in [4.69, 9.17) is 9.47 Å². The van der Waals surface area contributed by atoms with Gasteiger partial charge in [0.1, 0.15) is 21.1 Å². The predicted molar refractivity (Wildman–Crippen MR) is 147 cm³/mol. The summed E-state index contributed by atoms with van der Waals surface area (Å²) in [6, 6.07) is 3.78. The van der Waals surface area contributed by atoms with Crippen molar-refractivity contribution in [1.29, 1.82) is 0 Å². The van der Waals surface area contributed by atoms with Gasteiger partial charge in [-0.3, -0.25) is 9.69 Å². The summed E-state index contributed by atoms with van der Waals surface area (Å²) in [5, 5.41) is 6.06. The van der Waals surface area contributed by atoms with Crippen LogP contribution in [0.2, 0.25) is 0 Å². The van der Waals surface area contributed by atoms with Crippen molar-refractivity contribution in [1.82, 2.24) is 15.2 Å². The SMILES string of the molecule is COc1ccc(N2C(=O)Nc3c(C(=O)N[C@@H]4CCCN(C(=O)OC(C)(C)C)C4)sc4nccc2c34)cc1C(F)(F)F. The Bertz CT molecular complexity index is 1530. The Labute approximate surface area is 237 Å². The third-order valence-corrected chi connectivity index (χ3v) is 7.70. The number of anilines is 3. The van der Waals surface area contributed by atoms with Gasteiger partial charge in [-0.2, -0.15) is 13.2 Å². The summed E-state index contributed by atoms with van der Waals surface area (Å²) in [5.74, 6) is -0.829. The number of thiophene rings is 1. The van der Waals surface area contributed by atoms with Crippen molar-refractivity contribution in [2.45, 2.75) is 51.4 Å². The molecule has 0 radical (unpaired) electrons. The number of piperidine rings is 1. The average molecular weight is 592 g/mol. The van der Waals surface area contributed by atoms with Crippen LogP contribution < -0.4 is 20.3 Å². The number of pyridine rings is 1. The van der Waals surface area contributed by atoms with Gasteiger partial charge in [-0.15, -0.1) is 11.3 Å². The summed E-state index contributed by atoms with van der Waals surface area (Å²) >= 11 is 1.06. The number of rotatable bonds is 4. The second kappa shape index (κ2) is 10.4. The highest BCUT2D eigenvalue weighted by molar-refractivity contribution is 7.21. The van der Waals surface area contributed by atoms with Gasteiger partial charge in [-0.25, -0.2) is 14.6 Å². The van der Waals surface area contributed by atoms with E-state index in [2.05, 4.69) is 15.6 Å². The number of likely N-dealkylation sites (tertiary alicyclic amines) is 1. The molecule has 10 nitrogen and oxygen atoms in total. The van der Waals surface area contributed by atoms with Crippen LogP contribution in [0.1, 0.15) is 48.8 Å². The average Bonchev–Trinajstić information content (AvgIpc) is 3.27. The van der Waals surface area contributed by atoms with Crippen LogP contribution in [0.3, 0.4) is 0 Å². The predicted octanol–water partition coefficient (Wildman–Crippen LogP) is 6.14. The van der Waals surface area contributed by atoms with Crippen LogP contribution in [0.15, 0.2) is 30.5 Å². The summed E-state index contributed by atoms with van der Waals surface area (Å²) < 4.78 is 51.4. The number of carbonyl (C=O) groups is 3. The van der Waals surface area contributed by atoms with Crippen molar-refractivity contribution in [3.05, 3.63) is 40.9 Å². The lowest BCUT2D eigenvalue weighted by Gasteiger charge is -2.34. The lowest BCUT2D eigenvalue weighted by molar-refractivity contribution is -0.138. The van der Waals surface area contributed by atoms with Crippen molar-refractivity contribution >= 4 is 56.6 Å². The van der Waals surface area contributed by atoms with E-state index in [-0.39, 0.29) is 40.3 Å². The molecule has 0 aliphatic carbocycles. The minimum Gasteiger partial charge on any atom is -0.496 e. The van der Waals surface area contributed by atoms with E-state index in [1.54, 1.807) is 25.7 Å². The summed E-state index contributed by atoms with van der Waals surface area (Å²) in [7, 11) is 1.14. The molecule has 5 rings (SSSR count). The first-order chi connectivity index (χ1) is 19.3. The van der Waals surface area contributed by atoms with Crippen LogP contribution in [0.4, 0.5) is 39.8 Å². The van der Waals surface area contributed by atoms with Crippen LogP contribution in [0, 0.1) is 0 Å². The molecular formula is C27H28F3N5O5S. The number of benzene rings is 1. The molecule has 0 unspecified atom stereocenters. The molecular weight excluding hydrogens is 563 g/mol. The van der Waals surface area contributed by atoms with E-state index in [0.29, 0.717) is 29.6 Å². The molecule has 0 saturated carbocycles. The first kappa shape index (κ1) is 28.5. The standard InChI is InChI=1S/C27H28F3N5O5S/c1-26(2,3)40-25(38)34-11-5-6-14(13-34)32-22(36)21-20-19-17(9-10-31-23(19)41-21)35(24(37)33-20)15-7-8-18(39-4)16(12-15)27(28,29)30/h7-10,12,14H,5-6,11,13H2,1-4H3,(H,32,36)(H,33,37)/t14-/m1/s1. The third-order valence-electron chi connectivity index (χ3n) is 6.61. The van der Waals surface area contributed by atoms with Gasteiger partial charge in [0.25, 0.3) is 5.91 Å². The fraction of sp³-hybridized carbons (Fsp3) is 0.407. The molecule has 41 heavy (non-hydrogen) atoms. The Morgan fingerprint density at radius 3 is 2.63 bits per heavy atom. The summed E-state index contributed by atoms with van der Waals surface area (Å²) in [4.78, 5) is 46.9. The van der Waals surface area contributed by atoms with Crippen LogP contribution >= 0.6 is 11.3 Å². The topological polar surface area (TPSA) is 113 Å². The summed E-state index contributed by atoms with van der Waals surface area (Å²) in [5.41, 5.74) is -1.19. The van der Waals surface area contributed by atoms with Crippen molar-refractivity contribution in [3.8, 4) is 5.75 Å². The highest BCUT2D eigenvalue weighted by Gasteiger charge is 2.38. The fourth-order valence-electron chi connectivity index (χ4n) is 4.90. The zero-order valence-corrected chi connectivity index (χ0v) is 23.5. The highest BCUT2D eigenvalue weighted by Crippen LogP contribution is 2.47. The van der Waals surface area contributed by atoms with E-state index in [0.717, 1.165) is 35.5 Å². The Kier molecular flexibility index (Phi) is 7.22. The smallest absolute Gasteiger partial charge is 0.420 e. The molecule has 2 aromatic heterocycles. The largest absolute Gasteiger partial charge is 0.496 e. The number of nitrogens with zero attached hydrogens (tertiary/aromatic N) is 3. The first-order valence-corrected chi connectivity index (χ1v) is 13.6. The molecule has 2 aliphatic heterocycles. The highest BCUT2D eigenvalue weighted by atomic mass is 32.1. The van der Waals surface area contributed by atoms with Crippen LogP contribution in [-0.2, 0) is 10.9 Å². The zero-order chi connectivity index (χ0) is 29.7. The van der Waals surface area contributed by atoms with Crippen LogP contribution in [0.5, 0.6) is 5.75 Å². The normalized spacial score (nSPS) is 17.3. The Morgan fingerprint density at radius 1 is 1.20 bits per heavy atom. The second-order valence-electron chi connectivity index (χ2n) is 10.7. The van der Waals surface area contributed by atoms with Crippen molar-refractivity contribution in [2.75, 3.05) is 30.4 Å². The van der Waals surface area contributed by atoms with Gasteiger partial charge < -0.3 is 25.0 Å². The molecule has 0 spiro atoms. The summed E-state index contributed by atoms with van der Waals surface area (Å²) in [6.07, 6.45) is -2.42. The van der Waals surface area contributed by atoms with E-state index >= 15 is 0 Å². The number of hydrogen-bond donors (Lipinski definition) is 2. The molecule has 4 amide bonds. The zero-order valence-electron chi connectivity index (χ0n) is 22.7. The summed E-state index contributed by atoms with van der Waals surface area (Å²) in [6.45, 7) is 6.12. The van der Waals surface area contributed by atoms with Crippen molar-refractivity contribution < 1.29 is 37.0 Å². The number of carbonyl (C=O) groups excluding carboxylic acids is 3. The molecule has 1 atom stereocenters. The van der Waals surface area contributed by atoms with Gasteiger partial charge >= 0.3 is 18.3 Å². The number of amides is 4. The molecule has 3 aromatic rings. The molecule has 218 valence electrons. The third kappa shape index (κ3) is 5.60. The minimum absolute atomic E-state index is 0.0320. The number of nitrogens with one attached hydrogen (secondary N) is 2. The Hall–Kier alpha value is -4.07.